The number of ether oxygens (including phenoxy) is 1. The number of aromatic nitrogens is 2. The van der Waals surface area contributed by atoms with Gasteiger partial charge in [0.05, 0.1) is 36.1 Å². The normalized spacial score (nSPS) is 24.6. The Morgan fingerprint density at radius 3 is 1.77 bits per heavy atom. The standard InChI is InChI=1S/C26H35N3O2S.C21H27N3S/c1-17-5-9-22(29(16-17)25(30)31-26(2,3)4)19-6-10-23-21(15-19)27-24(32-23)18-11-13-28(14-12-18)20-7-8-20;1-14-2-6-18(22-13-14)16-3-7-20-19(12-16)23-21(25-20)15-8-10-24(11-9-15)17-4-5-17/h6,9-10,15,17-18,20H,5,7-8,11-14,16H2,1-4H3;3,7,12,14-15,17H,2,4-6,8-11,13H2,1H3/t17-;14-/m00/s1. The monoisotopic (exact) mass is 806 g/mol. The number of fused-ring (bicyclic) bond motifs is 2. The number of thiazole rings is 2. The first-order valence-electron chi connectivity index (χ1n) is 22.1. The molecule has 0 bridgehead atoms. The van der Waals surface area contributed by atoms with Crippen LogP contribution >= 0.6 is 22.7 Å². The number of carbonyl (C=O) groups is 1. The van der Waals surface area contributed by atoms with Crippen molar-refractivity contribution in [2.24, 2.45) is 16.8 Å². The lowest BCUT2D eigenvalue weighted by molar-refractivity contribution is 0.0327. The van der Waals surface area contributed by atoms with Gasteiger partial charge in [-0.3, -0.25) is 9.89 Å². The highest BCUT2D eigenvalue weighted by Gasteiger charge is 2.35. The number of nitrogens with zero attached hydrogens (tertiary/aromatic N) is 6. The van der Waals surface area contributed by atoms with E-state index in [2.05, 4.69) is 66.1 Å². The highest BCUT2D eigenvalue weighted by Crippen LogP contribution is 2.40. The third kappa shape index (κ3) is 9.35. The topological polar surface area (TPSA) is 74.2 Å². The van der Waals surface area contributed by atoms with E-state index in [9.17, 15) is 4.79 Å². The van der Waals surface area contributed by atoms with Crippen LogP contribution in [-0.4, -0.2) is 93.4 Å². The maximum atomic E-state index is 12.9. The fraction of sp³-hybridized carbons (Fsp3) is 0.617. The first kappa shape index (κ1) is 39.3. The molecule has 2 aromatic carbocycles. The Bertz CT molecular complexity index is 2120. The smallest absolute Gasteiger partial charge is 0.414 e. The van der Waals surface area contributed by atoms with Crippen LogP contribution in [0.15, 0.2) is 47.5 Å². The molecule has 4 fully saturated rings. The second-order valence-electron chi connectivity index (χ2n) is 19.0. The molecule has 1 amide bonds. The Hall–Kier alpha value is -3.18. The first-order valence-corrected chi connectivity index (χ1v) is 23.7. The number of likely N-dealkylation sites (tertiary alicyclic amines) is 2. The van der Waals surface area contributed by atoms with Gasteiger partial charge in [-0.2, -0.15) is 0 Å². The van der Waals surface area contributed by atoms with E-state index in [1.165, 1.54) is 120 Å². The Kier molecular flexibility index (Phi) is 11.3. The molecule has 6 aliphatic rings. The van der Waals surface area contributed by atoms with Gasteiger partial charge in [0.1, 0.15) is 5.60 Å². The van der Waals surface area contributed by atoms with Gasteiger partial charge in [0, 0.05) is 48.3 Å². The number of benzene rings is 2. The van der Waals surface area contributed by atoms with Crippen LogP contribution in [0.3, 0.4) is 0 Å². The summed E-state index contributed by atoms with van der Waals surface area (Å²) in [4.78, 5) is 35.0. The molecule has 304 valence electrons. The summed E-state index contributed by atoms with van der Waals surface area (Å²) in [5.41, 5.74) is 6.31. The molecule has 2 saturated heterocycles. The largest absolute Gasteiger partial charge is 0.443 e. The Morgan fingerprint density at radius 2 is 1.26 bits per heavy atom. The number of amides is 1. The lowest BCUT2D eigenvalue weighted by atomic mass is 9.96. The van der Waals surface area contributed by atoms with Crippen LogP contribution in [0.25, 0.3) is 26.1 Å². The lowest BCUT2D eigenvalue weighted by Gasteiger charge is -2.33. The van der Waals surface area contributed by atoms with Gasteiger partial charge in [-0.05, 0) is 159 Å². The van der Waals surface area contributed by atoms with Crippen LogP contribution in [0, 0.1) is 11.8 Å². The third-order valence-corrected chi connectivity index (χ3v) is 15.3. The molecule has 57 heavy (non-hydrogen) atoms. The predicted molar refractivity (Wildman–Crippen MR) is 237 cm³/mol. The van der Waals surface area contributed by atoms with Crippen molar-refractivity contribution in [3.63, 3.8) is 0 Å². The maximum absolute atomic E-state index is 12.9. The highest BCUT2D eigenvalue weighted by atomic mass is 32.1. The minimum absolute atomic E-state index is 0.267. The molecule has 0 radical (unpaired) electrons. The van der Waals surface area contributed by atoms with Crippen molar-refractivity contribution in [1.82, 2.24) is 24.7 Å². The van der Waals surface area contributed by atoms with Gasteiger partial charge in [-0.1, -0.05) is 32.1 Å². The molecule has 10 rings (SSSR count). The summed E-state index contributed by atoms with van der Waals surface area (Å²) < 4.78 is 8.29. The molecule has 8 nitrogen and oxygen atoms in total. The van der Waals surface area contributed by atoms with Crippen LogP contribution in [0.4, 0.5) is 4.79 Å². The molecule has 2 aromatic heterocycles. The first-order chi connectivity index (χ1) is 27.5. The molecular weight excluding hydrogens is 745 g/mol. The van der Waals surface area contributed by atoms with Crippen molar-refractivity contribution in [2.75, 3.05) is 39.3 Å². The quantitative estimate of drug-likeness (QED) is 0.193. The highest BCUT2D eigenvalue weighted by molar-refractivity contribution is 7.19. The fourth-order valence-electron chi connectivity index (χ4n) is 9.21. The summed E-state index contributed by atoms with van der Waals surface area (Å²) in [6.45, 7) is 16.9. The summed E-state index contributed by atoms with van der Waals surface area (Å²) in [6, 6.07) is 15.1. The molecule has 6 heterocycles. The van der Waals surface area contributed by atoms with Crippen molar-refractivity contribution in [1.29, 1.82) is 0 Å². The molecule has 2 atom stereocenters. The molecule has 0 unspecified atom stereocenters. The van der Waals surface area contributed by atoms with Crippen LogP contribution < -0.4 is 0 Å². The zero-order valence-corrected chi connectivity index (χ0v) is 36.5. The maximum Gasteiger partial charge on any atom is 0.414 e. The van der Waals surface area contributed by atoms with Gasteiger partial charge in [-0.15, -0.1) is 22.7 Å². The van der Waals surface area contributed by atoms with Gasteiger partial charge in [0.25, 0.3) is 0 Å². The second-order valence-corrected chi connectivity index (χ2v) is 21.1. The van der Waals surface area contributed by atoms with Crippen molar-refractivity contribution in [3.8, 4) is 0 Å². The zero-order valence-electron chi connectivity index (χ0n) is 34.8. The van der Waals surface area contributed by atoms with Crippen LogP contribution in [0.5, 0.6) is 0 Å². The zero-order chi connectivity index (χ0) is 39.3. The minimum Gasteiger partial charge on any atom is -0.443 e. The molecular formula is C47H62N6O2S2. The Labute approximate surface area is 347 Å². The van der Waals surface area contributed by atoms with Gasteiger partial charge in [0.2, 0.25) is 0 Å². The van der Waals surface area contributed by atoms with E-state index in [-0.39, 0.29) is 6.09 Å². The van der Waals surface area contributed by atoms with E-state index < -0.39 is 5.60 Å². The number of hydrogen-bond donors (Lipinski definition) is 0. The number of rotatable bonds is 6. The number of piperidine rings is 2. The molecule has 4 aliphatic heterocycles. The van der Waals surface area contributed by atoms with Crippen molar-refractivity contribution in [2.45, 2.75) is 135 Å². The fourth-order valence-corrected chi connectivity index (χ4v) is 11.4. The van der Waals surface area contributed by atoms with Gasteiger partial charge >= 0.3 is 6.09 Å². The van der Waals surface area contributed by atoms with Crippen molar-refractivity contribution >= 4 is 60.6 Å². The minimum atomic E-state index is -0.508. The number of hydrogen-bond acceptors (Lipinski definition) is 9. The summed E-state index contributed by atoms with van der Waals surface area (Å²) in [6.07, 6.45) is 15.9. The van der Waals surface area contributed by atoms with Crippen LogP contribution in [-0.2, 0) is 4.74 Å². The van der Waals surface area contributed by atoms with Gasteiger partial charge in [0.15, 0.2) is 0 Å². The third-order valence-electron chi connectivity index (χ3n) is 12.9. The predicted octanol–water partition coefficient (Wildman–Crippen LogP) is 11.1. The average molecular weight is 807 g/mol. The Balaban J connectivity index is 0.000000153. The molecule has 4 aromatic rings. The number of allylic oxidation sites excluding steroid dienone is 1. The van der Waals surface area contributed by atoms with E-state index >= 15 is 0 Å². The second kappa shape index (κ2) is 16.5. The lowest BCUT2D eigenvalue weighted by Crippen LogP contribution is -2.39. The summed E-state index contributed by atoms with van der Waals surface area (Å²) in [7, 11) is 0. The number of carbonyl (C=O) groups excluding carboxylic acids is 1. The molecule has 2 aliphatic carbocycles. The summed E-state index contributed by atoms with van der Waals surface area (Å²) in [5, 5.41) is 2.64. The Morgan fingerprint density at radius 1 is 0.719 bits per heavy atom. The average Bonchev–Trinajstić information content (AvgIpc) is 4.15. The van der Waals surface area contributed by atoms with Crippen molar-refractivity contribution < 1.29 is 9.53 Å². The van der Waals surface area contributed by atoms with Crippen molar-refractivity contribution in [3.05, 3.63) is 63.6 Å². The van der Waals surface area contributed by atoms with Crippen LogP contribution in [0.1, 0.15) is 138 Å². The number of aliphatic imine (C=N–C) groups is 1. The van der Waals surface area contributed by atoms with E-state index in [1.807, 2.05) is 48.3 Å². The van der Waals surface area contributed by atoms with Crippen LogP contribution in [0.2, 0.25) is 0 Å². The molecule has 0 N–H and O–H groups in total. The molecule has 10 heteroatoms. The van der Waals surface area contributed by atoms with E-state index in [0.29, 0.717) is 24.3 Å². The van der Waals surface area contributed by atoms with E-state index in [0.717, 1.165) is 54.2 Å². The van der Waals surface area contributed by atoms with Gasteiger partial charge in [-0.25, -0.2) is 14.8 Å². The summed E-state index contributed by atoms with van der Waals surface area (Å²) >= 11 is 3.76. The van der Waals surface area contributed by atoms with Gasteiger partial charge < -0.3 is 14.5 Å². The SMILES string of the molecule is C[C@H]1CC=C(c2ccc3sc(C4CCN(C5CC5)CC4)nc3c2)N(C(=O)OC(C)(C)C)C1.C[C@H]1CCC(c2ccc3sc(C4CCN(C5CC5)CC4)nc3c2)=NC1. The van der Waals surface area contributed by atoms with E-state index in [1.54, 1.807) is 0 Å². The molecule has 2 saturated carbocycles. The molecule has 0 spiro atoms. The van der Waals surface area contributed by atoms with E-state index in [4.69, 9.17) is 19.7 Å². The summed E-state index contributed by atoms with van der Waals surface area (Å²) in [5.74, 6) is 2.41.